The number of piperidine rings is 1. The van der Waals surface area contributed by atoms with Gasteiger partial charge in [-0.25, -0.2) is 9.67 Å². The van der Waals surface area contributed by atoms with Gasteiger partial charge in [0.1, 0.15) is 5.60 Å². The quantitative estimate of drug-likeness (QED) is 0.669. The molecule has 3 aromatic rings. The van der Waals surface area contributed by atoms with Crippen molar-refractivity contribution < 1.29 is 9.53 Å². The first-order valence-corrected chi connectivity index (χ1v) is 10.5. The van der Waals surface area contributed by atoms with Gasteiger partial charge in [0.25, 0.3) is 5.91 Å². The maximum absolute atomic E-state index is 13.1. The second-order valence-electron chi connectivity index (χ2n) is 7.40. The molecule has 1 saturated heterocycles. The Hall–Kier alpha value is -2.51. The smallest absolute Gasteiger partial charge is 0.257 e. The van der Waals surface area contributed by atoms with Gasteiger partial charge in [0.15, 0.2) is 5.82 Å². The average Bonchev–Trinajstić information content (AvgIpc) is 3.36. The number of likely N-dealkylation sites (tertiary alicyclic amines) is 1. The van der Waals surface area contributed by atoms with E-state index in [0.29, 0.717) is 18.7 Å². The van der Waals surface area contributed by atoms with Crippen LogP contribution in [0, 0.1) is 6.92 Å². The Labute approximate surface area is 167 Å². The highest BCUT2D eigenvalue weighted by molar-refractivity contribution is 7.10. The summed E-state index contributed by atoms with van der Waals surface area (Å²) < 4.78 is 7.98. The third-order valence-electron chi connectivity index (χ3n) is 5.88. The molecule has 1 spiro atoms. The highest BCUT2D eigenvalue weighted by Crippen LogP contribution is 2.44. The summed E-state index contributed by atoms with van der Waals surface area (Å²) in [4.78, 5) is 20.8. The van der Waals surface area contributed by atoms with Crippen molar-refractivity contribution in [2.75, 3.05) is 19.7 Å². The minimum Gasteiger partial charge on any atom is -0.369 e. The molecule has 5 heterocycles. The van der Waals surface area contributed by atoms with Gasteiger partial charge in [-0.1, -0.05) is 6.07 Å². The molecule has 2 aliphatic heterocycles. The van der Waals surface area contributed by atoms with E-state index >= 15 is 0 Å². The number of hydrogen-bond donors (Lipinski definition) is 0. The van der Waals surface area contributed by atoms with Crippen molar-refractivity contribution >= 4 is 17.2 Å². The predicted molar refractivity (Wildman–Crippen MR) is 107 cm³/mol. The van der Waals surface area contributed by atoms with Crippen LogP contribution < -0.4 is 0 Å². The van der Waals surface area contributed by atoms with Gasteiger partial charge in [0, 0.05) is 24.2 Å². The lowest BCUT2D eigenvalue weighted by molar-refractivity contribution is -0.0906. The van der Waals surface area contributed by atoms with Crippen molar-refractivity contribution in [3.8, 4) is 5.82 Å². The average molecular weight is 395 g/mol. The Kier molecular flexibility index (Phi) is 4.29. The molecule has 3 aromatic heterocycles. The number of fused-ring (bicyclic) bond motifs is 2. The number of aromatic nitrogens is 3. The van der Waals surface area contributed by atoms with Crippen molar-refractivity contribution in [3.63, 3.8) is 0 Å². The fourth-order valence-corrected chi connectivity index (χ4v) is 5.46. The first kappa shape index (κ1) is 17.6. The van der Waals surface area contributed by atoms with Crippen LogP contribution in [0.3, 0.4) is 0 Å². The van der Waals surface area contributed by atoms with Crippen LogP contribution in [0.1, 0.15) is 39.3 Å². The number of hydrogen-bond acceptors (Lipinski definition) is 5. The number of carbonyl (C=O) groups is 1. The number of carbonyl (C=O) groups excluding carboxylic acids is 1. The topological polar surface area (TPSA) is 60.3 Å². The first-order valence-electron chi connectivity index (χ1n) is 9.64. The predicted octanol–water partition coefficient (Wildman–Crippen LogP) is 3.34. The van der Waals surface area contributed by atoms with Gasteiger partial charge in [0.2, 0.25) is 0 Å². The maximum atomic E-state index is 13.1. The highest BCUT2D eigenvalue weighted by atomic mass is 32.1. The summed E-state index contributed by atoms with van der Waals surface area (Å²) in [6.07, 6.45) is 6.07. The number of nitrogens with zero attached hydrogens (tertiary/aromatic N) is 4. The minimum atomic E-state index is -0.203. The standard InChI is InChI=1S/C21H22N4O2S/c1-15-17(14-23-25(15)18-4-2-3-9-22-18)20(26)24-10-7-21(8-11-24)19-16(5-12-27-21)6-13-28-19/h2-4,6,9,13-14H,5,7-8,10-12H2,1H3. The van der Waals surface area contributed by atoms with Crippen LogP contribution in [0.25, 0.3) is 5.82 Å². The first-order chi connectivity index (χ1) is 13.7. The van der Waals surface area contributed by atoms with Crippen molar-refractivity contribution in [3.05, 3.63) is 63.7 Å². The minimum absolute atomic E-state index is 0.0387. The van der Waals surface area contributed by atoms with Crippen molar-refractivity contribution in [2.24, 2.45) is 0 Å². The highest BCUT2D eigenvalue weighted by Gasteiger charge is 2.42. The largest absolute Gasteiger partial charge is 0.369 e. The van der Waals surface area contributed by atoms with Gasteiger partial charge in [-0.2, -0.15) is 5.10 Å². The number of rotatable bonds is 2. The van der Waals surface area contributed by atoms with Gasteiger partial charge < -0.3 is 9.64 Å². The molecule has 0 unspecified atom stereocenters. The zero-order valence-corrected chi connectivity index (χ0v) is 16.6. The van der Waals surface area contributed by atoms with Crippen LogP contribution in [0.15, 0.2) is 42.0 Å². The molecule has 6 nitrogen and oxygen atoms in total. The Morgan fingerprint density at radius 3 is 2.89 bits per heavy atom. The molecular formula is C21H22N4O2S. The zero-order chi connectivity index (χ0) is 19.1. The van der Waals surface area contributed by atoms with E-state index in [0.717, 1.165) is 37.4 Å². The van der Waals surface area contributed by atoms with E-state index in [4.69, 9.17) is 4.74 Å². The van der Waals surface area contributed by atoms with Crippen molar-refractivity contribution in [1.29, 1.82) is 0 Å². The van der Waals surface area contributed by atoms with E-state index in [1.165, 1.54) is 10.4 Å². The molecule has 144 valence electrons. The summed E-state index contributed by atoms with van der Waals surface area (Å²) in [5.41, 5.74) is 2.68. The van der Waals surface area contributed by atoms with Gasteiger partial charge >= 0.3 is 0 Å². The van der Waals surface area contributed by atoms with Crippen LogP contribution in [-0.2, 0) is 16.8 Å². The fourth-order valence-electron chi connectivity index (χ4n) is 4.30. The van der Waals surface area contributed by atoms with Crippen LogP contribution in [0.2, 0.25) is 0 Å². The van der Waals surface area contributed by atoms with E-state index in [1.807, 2.05) is 30.0 Å². The van der Waals surface area contributed by atoms with Crippen LogP contribution >= 0.6 is 11.3 Å². The molecule has 5 rings (SSSR count). The Balaban J connectivity index is 1.34. The molecule has 0 bridgehead atoms. The lowest BCUT2D eigenvalue weighted by Crippen LogP contribution is -2.48. The Morgan fingerprint density at radius 1 is 1.25 bits per heavy atom. The summed E-state index contributed by atoms with van der Waals surface area (Å²) >= 11 is 1.79. The summed E-state index contributed by atoms with van der Waals surface area (Å²) in [5.74, 6) is 0.759. The molecule has 0 atom stereocenters. The molecule has 7 heteroatoms. The van der Waals surface area contributed by atoms with Crippen LogP contribution in [-0.4, -0.2) is 45.3 Å². The van der Waals surface area contributed by atoms with Crippen molar-refractivity contribution in [2.45, 2.75) is 31.8 Å². The van der Waals surface area contributed by atoms with E-state index in [9.17, 15) is 4.79 Å². The van der Waals surface area contributed by atoms with E-state index < -0.39 is 0 Å². The molecular weight excluding hydrogens is 372 g/mol. The van der Waals surface area contributed by atoms with E-state index in [1.54, 1.807) is 28.4 Å². The van der Waals surface area contributed by atoms with Crippen LogP contribution in [0.5, 0.6) is 0 Å². The summed E-state index contributed by atoms with van der Waals surface area (Å²) in [6, 6.07) is 7.89. The normalized spacial score (nSPS) is 18.2. The van der Waals surface area contributed by atoms with E-state index in [2.05, 4.69) is 21.5 Å². The summed E-state index contributed by atoms with van der Waals surface area (Å²) in [7, 11) is 0. The van der Waals surface area contributed by atoms with Crippen LogP contribution in [0.4, 0.5) is 0 Å². The van der Waals surface area contributed by atoms with Gasteiger partial charge in [-0.15, -0.1) is 11.3 Å². The zero-order valence-electron chi connectivity index (χ0n) is 15.8. The molecule has 0 radical (unpaired) electrons. The Morgan fingerprint density at radius 2 is 2.11 bits per heavy atom. The molecule has 1 amide bonds. The monoisotopic (exact) mass is 394 g/mol. The molecule has 0 saturated carbocycles. The third-order valence-corrected chi connectivity index (χ3v) is 7.02. The molecule has 2 aliphatic rings. The lowest BCUT2D eigenvalue weighted by Gasteiger charge is -2.43. The van der Waals surface area contributed by atoms with Gasteiger partial charge in [-0.3, -0.25) is 4.79 Å². The number of thiophene rings is 1. The molecule has 28 heavy (non-hydrogen) atoms. The van der Waals surface area contributed by atoms with E-state index in [-0.39, 0.29) is 11.5 Å². The summed E-state index contributed by atoms with van der Waals surface area (Å²) in [6.45, 7) is 4.09. The third kappa shape index (κ3) is 2.77. The summed E-state index contributed by atoms with van der Waals surface area (Å²) in [5, 5.41) is 6.55. The second kappa shape index (κ2) is 6.83. The van der Waals surface area contributed by atoms with Gasteiger partial charge in [0.05, 0.1) is 24.1 Å². The number of pyridine rings is 1. The second-order valence-corrected chi connectivity index (χ2v) is 8.32. The van der Waals surface area contributed by atoms with Crippen molar-refractivity contribution in [1.82, 2.24) is 19.7 Å². The molecule has 1 fully saturated rings. The maximum Gasteiger partial charge on any atom is 0.257 e. The Bertz CT molecular complexity index is 1000. The number of ether oxygens (including phenoxy) is 1. The fraction of sp³-hybridized carbons (Fsp3) is 0.381. The number of amides is 1. The van der Waals surface area contributed by atoms with Gasteiger partial charge in [-0.05, 0) is 55.3 Å². The molecule has 0 aliphatic carbocycles. The molecule has 0 N–H and O–H groups in total. The lowest BCUT2D eigenvalue weighted by atomic mass is 9.85. The SMILES string of the molecule is Cc1c(C(=O)N2CCC3(CC2)OCCc2ccsc23)cnn1-c1ccccn1. The molecule has 0 aromatic carbocycles.